The summed E-state index contributed by atoms with van der Waals surface area (Å²) in [7, 11) is 0. The molecule has 2 aromatic rings. The van der Waals surface area contributed by atoms with Crippen LogP contribution in [0.2, 0.25) is 0 Å². The molecular formula is C17H13IO2S. The van der Waals surface area contributed by atoms with Crippen LogP contribution in [0.5, 0.6) is 5.75 Å². The number of fused-ring (bicyclic) bond motifs is 1. The molecule has 0 aromatic heterocycles. The Morgan fingerprint density at radius 1 is 1.14 bits per heavy atom. The Labute approximate surface area is 141 Å². The van der Waals surface area contributed by atoms with Gasteiger partial charge < -0.3 is 9.53 Å². The molecule has 1 unspecified atom stereocenters. The molecule has 3 rings (SSSR count). The van der Waals surface area contributed by atoms with E-state index in [0.717, 1.165) is 32.5 Å². The molecule has 0 radical (unpaired) electrons. The molecule has 0 aliphatic carbocycles. The molecule has 0 saturated carbocycles. The van der Waals surface area contributed by atoms with Crippen LogP contribution in [0.3, 0.4) is 0 Å². The molecular weight excluding hydrogens is 395 g/mol. The van der Waals surface area contributed by atoms with Crippen LogP contribution in [0.25, 0.3) is 5.76 Å². The topological polar surface area (TPSA) is 26.3 Å². The van der Waals surface area contributed by atoms with Gasteiger partial charge in [-0.3, -0.25) is 0 Å². The normalized spacial score (nSPS) is 17.1. The fourth-order valence-electron chi connectivity index (χ4n) is 2.34. The smallest absolute Gasteiger partial charge is 0.144 e. The summed E-state index contributed by atoms with van der Waals surface area (Å²) >= 11 is 3.92. The van der Waals surface area contributed by atoms with E-state index >= 15 is 0 Å². The number of thioether (sulfide) groups is 1. The summed E-state index contributed by atoms with van der Waals surface area (Å²) in [6.45, 7) is 0. The first-order valence-electron chi connectivity index (χ1n) is 6.50. The number of ether oxygens (including phenoxy) is 1. The van der Waals surface area contributed by atoms with Gasteiger partial charge in [0.15, 0.2) is 0 Å². The van der Waals surface area contributed by atoms with Gasteiger partial charge >= 0.3 is 0 Å². The zero-order chi connectivity index (χ0) is 14.8. The van der Waals surface area contributed by atoms with Crippen molar-refractivity contribution in [2.75, 3.05) is 6.26 Å². The summed E-state index contributed by atoms with van der Waals surface area (Å²) in [4.78, 5) is 12.7. The molecule has 2 aromatic carbocycles. The third kappa shape index (κ3) is 2.74. The molecule has 0 fully saturated rings. The third-order valence-electron chi connectivity index (χ3n) is 3.44. The van der Waals surface area contributed by atoms with Gasteiger partial charge in [-0.05, 0) is 47.0 Å². The van der Waals surface area contributed by atoms with E-state index in [1.165, 1.54) is 4.90 Å². The Balaban J connectivity index is 2.07. The van der Waals surface area contributed by atoms with Crippen LogP contribution in [0, 0.1) is 0 Å². The maximum atomic E-state index is 11.5. The quantitative estimate of drug-likeness (QED) is 0.411. The summed E-state index contributed by atoms with van der Waals surface area (Å²) in [5, 5.41) is 0. The number of halogens is 1. The van der Waals surface area contributed by atoms with Crippen LogP contribution in [0.4, 0.5) is 0 Å². The molecule has 0 saturated heterocycles. The van der Waals surface area contributed by atoms with Crippen molar-refractivity contribution in [3.63, 3.8) is 0 Å². The molecule has 0 spiro atoms. The Hall–Kier alpha value is -1.27. The fraction of sp³-hybridized carbons (Fsp3) is 0.118. The second-order valence-corrected chi connectivity index (χ2v) is 6.70. The summed E-state index contributed by atoms with van der Waals surface area (Å²) < 4.78 is 6.97. The van der Waals surface area contributed by atoms with Crippen LogP contribution in [-0.4, -0.2) is 12.5 Å². The third-order valence-corrected chi connectivity index (χ3v) is 5.35. The lowest BCUT2D eigenvalue weighted by molar-refractivity contribution is -0.108. The first-order valence-corrected chi connectivity index (χ1v) is 8.81. The van der Waals surface area contributed by atoms with Gasteiger partial charge in [0, 0.05) is 19.6 Å². The molecule has 1 atom stereocenters. The van der Waals surface area contributed by atoms with Crippen molar-refractivity contribution in [1.82, 2.24) is 0 Å². The van der Waals surface area contributed by atoms with Crippen molar-refractivity contribution in [1.29, 1.82) is 0 Å². The molecule has 1 aliphatic heterocycles. The molecule has 0 amide bonds. The number of allylic oxidation sites excluding steroid dienone is 1. The van der Waals surface area contributed by atoms with E-state index in [9.17, 15) is 4.79 Å². The molecule has 21 heavy (non-hydrogen) atoms. The zero-order valence-corrected chi connectivity index (χ0v) is 14.4. The van der Waals surface area contributed by atoms with E-state index in [1.54, 1.807) is 11.8 Å². The highest BCUT2D eigenvalue weighted by Crippen LogP contribution is 2.44. The van der Waals surface area contributed by atoms with Gasteiger partial charge in [0.25, 0.3) is 0 Å². The van der Waals surface area contributed by atoms with E-state index in [0.29, 0.717) is 0 Å². The van der Waals surface area contributed by atoms with Gasteiger partial charge in [-0.1, -0.05) is 30.3 Å². The van der Waals surface area contributed by atoms with Crippen molar-refractivity contribution >= 4 is 46.4 Å². The van der Waals surface area contributed by atoms with Crippen LogP contribution in [0.15, 0.2) is 57.0 Å². The van der Waals surface area contributed by atoms with Gasteiger partial charge in [0.05, 0.1) is 5.92 Å². The maximum absolute atomic E-state index is 11.5. The SMILES string of the molecule is CSc1ccc(C2=C(I)C(C=O)c3ccccc3O2)cc1. The number of rotatable bonds is 3. The lowest BCUT2D eigenvalue weighted by Crippen LogP contribution is -2.13. The van der Waals surface area contributed by atoms with Crippen molar-refractivity contribution in [2.45, 2.75) is 10.8 Å². The predicted octanol–water partition coefficient (Wildman–Crippen LogP) is 4.89. The van der Waals surface area contributed by atoms with Gasteiger partial charge in [-0.15, -0.1) is 11.8 Å². The Bertz CT molecular complexity index is 707. The number of aldehydes is 1. The Morgan fingerprint density at radius 3 is 2.52 bits per heavy atom. The van der Waals surface area contributed by atoms with Crippen LogP contribution < -0.4 is 4.74 Å². The molecule has 2 nitrogen and oxygen atoms in total. The fourth-order valence-corrected chi connectivity index (χ4v) is 3.65. The predicted molar refractivity (Wildman–Crippen MR) is 95.0 cm³/mol. The van der Waals surface area contributed by atoms with Crippen molar-refractivity contribution < 1.29 is 9.53 Å². The van der Waals surface area contributed by atoms with Crippen LogP contribution in [-0.2, 0) is 4.79 Å². The molecule has 106 valence electrons. The van der Waals surface area contributed by atoms with Crippen molar-refractivity contribution in [3.05, 3.63) is 63.2 Å². The van der Waals surface area contributed by atoms with Gasteiger partial charge in [-0.2, -0.15) is 0 Å². The maximum Gasteiger partial charge on any atom is 0.144 e. The standard InChI is InChI=1S/C17H13IO2S/c1-21-12-8-6-11(7-9-12)17-16(18)14(10-19)13-4-2-3-5-15(13)20-17/h2-10,14H,1H3. The highest BCUT2D eigenvalue weighted by Gasteiger charge is 2.28. The second-order valence-electron chi connectivity index (χ2n) is 4.66. The van der Waals surface area contributed by atoms with Gasteiger partial charge in [0.1, 0.15) is 17.8 Å². The largest absolute Gasteiger partial charge is 0.456 e. The van der Waals surface area contributed by atoms with Crippen molar-refractivity contribution in [3.8, 4) is 5.75 Å². The number of carbonyl (C=O) groups excluding carboxylic acids is 1. The van der Waals surface area contributed by atoms with E-state index in [1.807, 2.05) is 42.7 Å². The van der Waals surface area contributed by atoms with E-state index in [4.69, 9.17) is 4.74 Å². The van der Waals surface area contributed by atoms with E-state index in [-0.39, 0.29) is 5.92 Å². The highest BCUT2D eigenvalue weighted by atomic mass is 127. The molecule has 1 aliphatic rings. The number of carbonyl (C=O) groups is 1. The number of hydrogen-bond donors (Lipinski definition) is 0. The zero-order valence-electron chi connectivity index (χ0n) is 11.4. The Kier molecular flexibility index (Phi) is 4.35. The lowest BCUT2D eigenvalue weighted by atomic mass is 9.95. The highest BCUT2D eigenvalue weighted by molar-refractivity contribution is 14.1. The van der Waals surface area contributed by atoms with Gasteiger partial charge in [-0.25, -0.2) is 0 Å². The summed E-state index contributed by atoms with van der Waals surface area (Å²) in [5.74, 6) is 1.30. The molecule has 4 heteroatoms. The van der Waals surface area contributed by atoms with Crippen molar-refractivity contribution in [2.24, 2.45) is 0 Å². The second kappa shape index (κ2) is 6.23. The minimum atomic E-state index is -0.245. The summed E-state index contributed by atoms with van der Waals surface area (Å²) in [6, 6.07) is 15.9. The lowest BCUT2D eigenvalue weighted by Gasteiger charge is -2.25. The monoisotopic (exact) mass is 408 g/mol. The van der Waals surface area contributed by atoms with Crippen LogP contribution in [0.1, 0.15) is 17.0 Å². The van der Waals surface area contributed by atoms with Gasteiger partial charge in [0.2, 0.25) is 0 Å². The van der Waals surface area contributed by atoms with E-state index < -0.39 is 0 Å². The van der Waals surface area contributed by atoms with Crippen LogP contribution >= 0.6 is 34.4 Å². The number of benzene rings is 2. The van der Waals surface area contributed by atoms with E-state index in [2.05, 4.69) is 34.7 Å². The average Bonchev–Trinajstić information content (AvgIpc) is 2.54. The average molecular weight is 408 g/mol. The summed E-state index contributed by atoms with van der Waals surface area (Å²) in [5.41, 5.74) is 1.93. The first kappa shape index (κ1) is 14.7. The number of para-hydroxylation sites is 1. The number of hydrogen-bond acceptors (Lipinski definition) is 3. The minimum absolute atomic E-state index is 0.245. The summed E-state index contributed by atoms with van der Waals surface area (Å²) in [6.07, 6.45) is 3.03. The Morgan fingerprint density at radius 2 is 1.86 bits per heavy atom. The molecule has 0 N–H and O–H groups in total. The molecule has 1 heterocycles. The first-order chi connectivity index (χ1) is 10.2. The minimum Gasteiger partial charge on any atom is -0.456 e. The molecule has 0 bridgehead atoms.